The number of hydrazine groups is 1. The quantitative estimate of drug-likeness (QED) is 0.0391. The Balaban J connectivity index is 1.61. The largest absolute Gasteiger partial charge is 0.494 e. The number of benzene rings is 4. The number of nitrogens with zero attached hydrogens (tertiary/aromatic N) is 7. The molecule has 0 bridgehead atoms. The number of nitrogens with one attached hydrogen (secondary N) is 2. The number of hydrogen-bond donors (Lipinski definition) is 3. The Labute approximate surface area is 285 Å². The van der Waals surface area contributed by atoms with Crippen LogP contribution >= 0.6 is 0 Å². The highest BCUT2D eigenvalue weighted by molar-refractivity contribution is 6.01. The first-order valence-electron chi connectivity index (χ1n) is 15.6. The van der Waals surface area contributed by atoms with Crippen molar-refractivity contribution in [3.05, 3.63) is 157 Å². The lowest BCUT2D eigenvalue weighted by atomic mass is 9.80. The Hall–Kier alpha value is -5.98. The summed E-state index contributed by atoms with van der Waals surface area (Å²) in [5.74, 6) is -1.26. The molecule has 4 aromatic rings. The Bertz CT molecular complexity index is 1950. The summed E-state index contributed by atoms with van der Waals surface area (Å²) in [4.78, 5) is 25.4. The number of aliphatic hydroxyl groups is 1. The molecule has 0 spiro atoms. The van der Waals surface area contributed by atoms with Gasteiger partial charge >= 0.3 is 0 Å². The van der Waals surface area contributed by atoms with E-state index in [9.17, 15) is 13.6 Å². The second-order valence-electron chi connectivity index (χ2n) is 11.3. The molecule has 0 aromatic heterocycles. The molecule has 5 rings (SSSR count). The van der Waals surface area contributed by atoms with Crippen molar-refractivity contribution in [2.45, 2.75) is 44.1 Å². The molecule has 3 N–H and O–H groups in total. The fourth-order valence-corrected chi connectivity index (χ4v) is 5.59. The van der Waals surface area contributed by atoms with Crippen LogP contribution in [-0.2, 0) is 35.6 Å². The van der Waals surface area contributed by atoms with Crippen molar-refractivity contribution in [2.24, 2.45) is 15.2 Å². The van der Waals surface area contributed by atoms with Crippen LogP contribution in [0.25, 0.3) is 20.9 Å². The van der Waals surface area contributed by atoms with Gasteiger partial charge < -0.3 is 14.6 Å². The van der Waals surface area contributed by atoms with Crippen molar-refractivity contribution in [3.8, 4) is 5.75 Å². The monoisotopic (exact) mass is 681 g/mol. The molecule has 0 unspecified atom stereocenters. The molecule has 0 saturated carbocycles. The number of carbonyl (C=O) groups is 1. The number of amides is 1. The van der Waals surface area contributed by atoms with E-state index in [1.165, 1.54) is 0 Å². The average Bonchev–Trinajstić information content (AvgIpc) is 3.52. The molecule has 1 amide bonds. The van der Waals surface area contributed by atoms with Crippen molar-refractivity contribution in [2.75, 3.05) is 13.2 Å². The summed E-state index contributed by atoms with van der Waals surface area (Å²) in [6.45, 7) is 0.0425. The van der Waals surface area contributed by atoms with Gasteiger partial charge in [0.15, 0.2) is 11.6 Å². The van der Waals surface area contributed by atoms with Crippen LogP contribution in [0.2, 0.25) is 0 Å². The number of hydrogen-bond acceptors (Lipinski definition) is 8. The topological polar surface area (TPSA) is 190 Å². The van der Waals surface area contributed by atoms with Crippen molar-refractivity contribution in [1.29, 1.82) is 0 Å². The second kappa shape index (κ2) is 16.9. The number of halogens is 2. The van der Waals surface area contributed by atoms with E-state index in [0.29, 0.717) is 46.6 Å². The molecule has 0 fully saturated rings. The minimum atomic E-state index is -1.74. The van der Waals surface area contributed by atoms with Gasteiger partial charge in [-0.1, -0.05) is 58.8 Å². The van der Waals surface area contributed by atoms with E-state index in [-0.39, 0.29) is 44.1 Å². The first-order valence-corrected chi connectivity index (χ1v) is 15.6. The third-order valence-electron chi connectivity index (χ3n) is 8.04. The van der Waals surface area contributed by atoms with Gasteiger partial charge in [0.2, 0.25) is 5.90 Å². The van der Waals surface area contributed by atoms with Crippen molar-refractivity contribution >= 4 is 11.8 Å². The number of carbonyl (C=O) groups excluding carboxylic acids is 1. The van der Waals surface area contributed by atoms with Gasteiger partial charge in [-0.25, -0.2) is 19.2 Å². The van der Waals surface area contributed by atoms with Crippen molar-refractivity contribution < 1.29 is 28.2 Å². The second-order valence-corrected chi connectivity index (χ2v) is 11.3. The number of aliphatic imine (C=N–C) groups is 1. The van der Waals surface area contributed by atoms with E-state index in [4.69, 9.17) is 30.6 Å². The van der Waals surface area contributed by atoms with Gasteiger partial charge in [-0.05, 0) is 75.8 Å². The summed E-state index contributed by atoms with van der Waals surface area (Å²) >= 11 is 0. The maximum absolute atomic E-state index is 14.6. The molecule has 1 aliphatic rings. The minimum Gasteiger partial charge on any atom is -0.494 e. The van der Waals surface area contributed by atoms with Crippen LogP contribution in [-0.4, -0.2) is 35.7 Å². The van der Waals surface area contributed by atoms with Gasteiger partial charge in [-0.3, -0.25) is 10.2 Å². The predicted octanol–water partition coefficient (Wildman–Crippen LogP) is 6.67. The highest BCUT2D eigenvalue weighted by Gasteiger charge is 2.54. The highest BCUT2D eigenvalue weighted by Crippen LogP contribution is 2.44. The lowest BCUT2D eigenvalue weighted by molar-refractivity contribution is -0.130. The average molecular weight is 682 g/mol. The standard InChI is InChI=1S/C35H33F2N9O4/c36-28-12-15-31(37)27(18-28)22-40-44-34(48)35(19-24-6-1-2-7-25(24)20-41-45-38)32(30-9-4-3-8-26(30)21-42-46-39)50-33(43-35)23-10-13-29(14-11-23)49-17-5-16-47/h1-4,6-15,18,32,40,47H,5,16-17,19-22H2,(H,44,48)/t32-,35-/m0/s1. The van der Waals surface area contributed by atoms with E-state index < -0.39 is 29.2 Å². The first-order chi connectivity index (χ1) is 24.4. The van der Waals surface area contributed by atoms with E-state index in [1.54, 1.807) is 72.8 Å². The molecule has 50 heavy (non-hydrogen) atoms. The fraction of sp³-hybridized carbons (Fsp3) is 0.257. The Morgan fingerprint density at radius 3 is 2.32 bits per heavy atom. The third-order valence-corrected chi connectivity index (χ3v) is 8.04. The summed E-state index contributed by atoms with van der Waals surface area (Å²) in [6, 6.07) is 24.1. The molecule has 1 aliphatic heterocycles. The van der Waals surface area contributed by atoms with E-state index in [1.807, 2.05) is 0 Å². The van der Waals surface area contributed by atoms with Crippen LogP contribution in [0, 0.1) is 11.6 Å². The van der Waals surface area contributed by atoms with Gasteiger partial charge in [0, 0.05) is 46.9 Å². The van der Waals surface area contributed by atoms with Crippen molar-refractivity contribution in [1.82, 2.24) is 10.9 Å². The van der Waals surface area contributed by atoms with Crippen LogP contribution in [0.15, 0.2) is 106 Å². The highest BCUT2D eigenvalue weighted by atomic mass is 19.1. The molecule has 0 saturated heterocycles. The first kappa shape index (κ1) is 35.3. The Morgan fingerprint density at radius 1 is 0.920 bits per heavy atom. The fourth-order valence-electron chi connectivity index (χ4n) is 5.59. The number of azide groups is 2. The van der Waals surface area contributed by atoms with E-state index in [2.05, 4.69) is 30.9 Å². The van der Waals surface area contributed by atoms with E-state index in [0.717, 1.165) is 18.2 Å². The summed E-state index contributed by atoms with van der Waals surface area (Å²) in [6.07, 6.45) is -0.658. The maximum atomic E-state index is 14.6. The van der Waals surface area contributed by atoms with Gasteiger partial charge in [-0.2, -0.15) is 0 Å². The molecular weight excluding hydrogens is 648 g/mol. The number of rotatable bonds is 16. The maximum Gasteiger partial charge on any atom is 0.266 e. The van der Waals surface area contributed by atoms with Gasteiger partial charge in [0.1, 0.15) is 17.4 Å². The Morgan fingerprint density at radius 2 is 1.60 bits per heavy atom. The summed E-state index contributed by atoms with van der Waals surface area (Å²) in [5, 5.41) is 16.6. The minimum absolute atomic E-state index is 0.00651. The zero-order chi connectivity index (χ0) is 35.3. The van der Waals surface area contributed by atoms with Crippen LogP contribution < -0.4 is 15.6 Å². The molecule has 1 heterocycles. The van der Waals surface area contributed by atoms with Gasteiger partial charge in [0.25, 0.3) is 5.91 Å². The van der Waals surface area contributed by atoms with Crippen LogP contribution in [0.3, 0.4) is 0 Å². The zero-order valence-corrected chi connectivity index (χ0v) is 26.7. The molecular formula is C35H33F2N9O4. The molecule has 13 nitrogen and oxygen atoms in total. The summed E-state index contributed by atoms with van der Waals surface area (Å²) in [5.41, 5.74) is 24.7. The number of aliphatic hydroxyl groups excluding tert-OH is 1. The van der Waals surface area contributed by atoms with Crippen molar-refractivity contribution in [3.63, 3.8) is 0 Å². The molecule has 2 atom stereocenters. The smallest absolute Gasteiger partial charge is 0.266 e. The third kappa shape index (κ3) is 8.35. The van der Waals surface area contributed by atoms with E-state index >= 15 is 0 Å². The lowest BCUT2D eigenvalue weighted by Crippen LogP contribution is -2.54. The van der Waals surface area contributed by atoms with Crippen LogP contribution in [0.1, 0.15) is 45.9 Å². The number of ether oxygens (including phenoxy) is 2. The summed E-state index contributed by atoms with van der Waals surface area (Å²) < 4.78 is 40.6. The summed E-state index contributed by atoms with van der Waals surface area (Å²) in [7, 11) is 0. The normalized spacial score (nSPS) is 16.4. The zero-order valence-electron chi connectivity index (χ0n) is 26.7. The molecule has 0 radical (unpaired) electrons. The molecule has 0 aliphatic carbocycles. The molecule has 4 aromatic carbocycles. The van der Waals surface area contributed by atoms with Gasteiger partial charge in [0.05, 0.1) is 19.7 Å². The lowest BCUT2D eigenvalue weighted by Gasteiger charge is -2.32. The Kier molecular flexibility index (Phi) is 11.9. The predicted molar refractivity (Wildman–Crippen MR) is 180 cm³/mol. The molecule has 256 valence electrons. The SMILES string of the molecule is [N-]=[N+]=NCc1ccccc1C[C@]1(C(=O)NNCc2cc(F)ccc2F)N=C(c2ccc(OCCCO)cc2)O[C@H]1c1ccccc1CN=[N+]=[N-]. The van der Waals surface area contributed by atoms with Crippen LogP contribution in [0.4, 0.5) is 8.78 Å². The van der Waals surface area contributed by atoms with Gasteiger partial charge in [-0.15, -0.1) is 0 Å². The molecule has 15 heteroatoms. The van der Waals surface area contributed by atoms with Crippen LogP contribution in [0.5, 0.6) is 5.75 Å².